The van der Waals surface area contributed by atoms with Crippen molar-refractivity contribution in [3.8, 4) is 0 Å². The molecule has 6 nitrogen and oxygen atoms in total. The number of nitrogens with zero attached hydrogens (tertiary/aromatic N) is 3. The summed E-state index contributed by atoms with van der Waals surface area (Å²) in [4.78, 5) is 15.0. The van der Waals surface area contributed by atoms with E-state index in [0.29, 0.717) is 12.1 Å². The van der Waals surface area contributed by atoms with E-state index in [9.17, 15) is 0 Å². The molecule has 0 aliphatic carbocycles. The summed E-state index contributed by atoms with van der Waals surface area (Å²) in [5.74, 6) is 1.88. The molecule has 2 unspecified atom stereocenters. The van der Waals surface area contributed by atoms with Crippen LogP contribution in [0.1, 0.15) is 31.2 Å². The number of guanidine groups is 1. The lowest BCUT2D eigenvalue weighted by atomic mass is 9.97. The number of likely N-dealkylation sites (tertiary alicyclic amines) is 1. The van der Waals surface area contributed by atoms with E-state index < -0.39 is 0 Å². The molecule has 1 fully saturated rings. The minimum absolute atomic E-state index is 0. The van der Waals surface area contributed by atoms with Crippen molar-refractivity contribution >= 4 is 41.0 Å². The van der Waals surface area contributed by atoms with E-state index in [2.05, 4.69) is 73.8 Å². The van der Waals surface area contributed by atoms with Crippen molar-refractivity contribution in [2.75, 3.05) is 20.1 Å². The number of fused-ring (bicyclic) bond motifs is 1. The first kappa shape index (κ1) is 23.5. The van der Waals surface area contributed by atoms with Crippen LogP contribution in [0.4, 0.5) is 0 Å². The highest BCUT2D eigenvalue weighted by molar-refractivity contribution is 14.0. The molecular formula is C24H33IN6. The van der Waals surface area contributed by atoms with E-state index in [0.717, 1.165) is 61.7 Å². The van der Waals surface area contributed by atoms with E-state index in [-0.39, 0.29) is 24.0 Å². The Morgan fingerprint density at radius 3 is 2.68 bits per heavy atom. The zero-order valence-electron chi connectivity index (χ0n) is 18.3. The number of imidazole rings is 1. The maximum atomic E-state index is 4.64. The Hall–Kier alpha value is -2.13. The molecule has 0 spiro atoms. The van der Waals surface area contributed by atoms with Gasteiger partial charge in [0.15, 0.2) is 5.96 Å². The van der Waals surface area contributed by atoms with Crippen molar-refractivity contribution in [1.29, 1.82) is 0 Å². The van der Waals surface area contributed by atoms with Crippen molar-refractivity contribution in [1.82, 2.24) is 25.5 Å². The van der Waals surface area contributed by atoms with Gasteiger partial charge in [-0.3, -0.25) is 9.89 Å². The number of nitrogens with one attached hydrogen (secondary N) is 3. The molecule has 1 aliphatic heterocycles. The Bertz CT molecular complexity index is 937. The fourth-order valence-corrected chi connectivity index (χ4v) is 4.22. The highest BCUT2D eigenvalue weighted by Gasteiger charge is 2.25. The van der Waals surface area contributed by atoms with E-state index in [1.807, 2.05) is 25.2 Å². The number of aromatic nitrogens is 2. The summed E-state index contributed by atoms with van der Waals surface area (Å²) in [6, 6.07) is 19.9. The molecule has 2 aromatic carbocycles. The van der Waals surface area contributed by atoms with Crippen molar-refractivity contribution in [3.05, 3.63) is 66.0 Å². The quantitative estimate of drug-likeness (QED) is 0.256. The fourth-order valence-electron chi connectivity index (χ4n) is 4.22. The van der Waals surface area contributed by atoms with Crippen LogP contribution in [0, 0.1) is 0 Å². The van der Waals surface area contributed by atoms with Crippen molar-refractivity contribution in [3.63, 3.8) is 0 Å². The monoisotopic (exact) mass is 532 g/mol. The second-order valence-electron chi connectivity index (χ2n) is 8.12. The van der Waals surface area contributed by atoms with Gasteiger partial charge in [-0.2, -0.15) is 0 Å². The number of halogens is 1. The molecule has 0 amide bonds. The molecule has 0 bridgehead atoms. The maximum Gasteiger partial charge on any atom is 0.191 e. The van der Waals surface area contributed by atoms with E-state index >= 15 is 0 Å². The van der Waals surface area contributed by atoms with Crippen molar-refractivity contribution in [2.24, 2.45) is 4.99 Å². The van der Waals surface area contributed by atoms with Crippen LogP contribution in [0.5, 0.6) is 0 Å². The van der Waals surface area contributed by atoms with Crippen LogP contribution in [-0.4, -0.2) is 53.0 Å². The first-order valence-corrected chi connectivity index (χ1v) is 10.9. The summed E-state index contributed by atoms with van der Waals surface area (Å²) in [6.07, 6.45) is 3.08. The zero-order chi connectivity index (χ0) is 20.8. The minimum Gasteiger partial charge on any atom is -0.356 e. The molecule has 31 heavy (non-hydrogen) atoms. The summed E-state index contributed by atoms with van der Waals surface area (Å²) in [5.41, 5.74) is 3.50. The van der Waals surface area contributed by atoms with E-state index in [1.165, 1.54) is 5.56 Å². The van der Waals surface area contributed by atoms with Gasteiger partial charge in [0.25, 0.3) is 0 Å². The Kier molecular flexibility index (Phi) is 8.71. The molecule has 1 aliphatic rings. The van der Waals surface area contributed by atoms with Crippen LogP contribution in [0.2, 0.25) is 0 Å². The summed E-state index contributed by atoms with van der Waals surface area (Å²) < 4.78 is 0. The van der Waals surface area contributed by atoms with Gasteiger partial charge in [-0.25, -0.2) is 4.98 Å². The average molecular weight is 532 g/mol. The molecule has 0 saturated carbocycles. The second kappa shape index (κ2) is 11.5. The van der Waals surface area contributed by atoms with Crippen LogP contribution in [-0.2, 0) is 13.0 Å². The number of aromatic amines is 1. The van der Waals surface area contributed by atoms with E-state index in [4.69, 9.17) is 0 Å². The number of benzene rings is 2. The first-order valence-electron chi connectivity index (χ1n) is 10.9. The molecule has 1 saturated heterocycles. The number of piperidine rings is 1. The zero-order valence-corrected chi connectivity index (χ0v) is 20.7. The summed E-state index contributed by atoms with van der Waals surface area (Å²) in [5, 5.41) is 7.06. The normalized spacial score (nSPS) is 19.7. The van der Waals surface area contributed by atoms with Gasteiger partial charge in [0.2, 0.25) is 0 Å². The van der Waals surface area contributed by atoms with Crippen molar-refractivity contribution in [2.45, 2.75) is 44.8 Å². The predicted molar refractivity (Wildman–Crippen MR) is 139 cm³/mol. The summed E-state index contributed by atoms with van der Waals surface area (Å²) in [7, 11) is 1.84. The Morgan fingerprint density at radius 1 is 1.16 bits per heavy atom. The number of rotatable bonds is 6. The first-order chi connectivity index (χ1) is 14.7. The third-order valence-electron chi connectivity index (χ3n) is 5.90. The minimum atomic E-state index is 0. The molecule has 0 radical (unpaired) electrons. The Morgan fingerprint density at radius 2 is 1.94 bits per heavy atom. The highest BCUT2D eigenvalue weighted by atomic mass is 127. The van der Waals surface area contributed by atoms with Crippen LogP contribution >= 0.6 is 24.0 Å². The van der Waals surface area contributed by atoms with Crippen LogP contribution in [0.15, 0.2) is 59.6 Å². The predicted octanol–water partition coefficient (Wildman–Crippen LogP) is 3.94. The van der Waals surface area contributed by atoms with Gasteiger partial charge < -0.3 is 15.6 Å². The van der Waals surface area contributed by atoms with Crippen molar-refractivity contribution < 1.29 is 0 Å². The fraction of sp³-hybridized carbons (Fsp3) is 0.417. The van der Waals surface area contributed by atoms with Crippen LogP contribution < -0.4 is 10.6 Å². The third-order valence-corrected chi connectivity index (χ3v) is 5.90. The number of hydrogen-bond donors (Lipinski definition) is 3. The molecular weight excluding hydrogens is 499 g/mol. The lowest BCUT2D eigenvalue weighted by Gasteiger charge is -2.38. The largest absolute Gasteiger partial charge is 0.356 e. The Labute approximate surface area is 202 Å². The van der Waals surface area contributed by atoms with Gasteiger partial charge in [0.1, 0.15) is 5.82 Å². The van der Waals surface area contributed by atoms with Gasteiger partial charge in [-0.05, 0) is 37.5 Å². The van der Waals surface area contributed by atoms with E-state index in [1.54, 1.807) is 0 Å². The van der Waals surface area contributed by atoms with Gasteiger partial charge in [0, 0.05) is 45.2 Å². The average Bonchev–Trinajstić information content (AvgIpc) is 3.18. The lowest BCUT2D eigenvalue weighted by Crippen LogP contribution is -2.51. The van der Waals surface area contributed by atoms with Gasteiger partial charge in [0.05, 0.1) is 11.0 Å². The molecule has 1 aromatic heterocycles. The SMILES string of the molecule is CN=C(NCCc1nc2ccccc2[nH]1)NC1CCN(Cc2ccccc2)C(C)C1.I. The smallest absolute Gasteiger partial charge is 0.191 e. The maximum absolute atomic E-state index is 4.64. The standard InChI is InChI=1S/C24H32N6.HI/c1-18-16-20(13-15-30(18)17-19-8-4-3-5-9-19)27-24(25-2)26-14-12-23-28-21-10-6-7-11-22(21)29-23;/h3-11,18,20H,12-17H2,1-2H3,(H,28,29)(H2,25,26,27);1H. The van der Waals surface area contributed by atoms with Gasteiger partial charge >= 0.3 is 0 Å². The lowest BCUT2D eigenvalue weighted by molar-refractivity contribution is 0.134. The van der Waals surface area contributed by atoms with Gasteiger partial charge in [-0.15, -0.1) is 24.0 Å². The third kappa shape index (κ3) is 6.43. The molecule has 4 rings (SSSR count). The molecule has 3 aromatic rings. The molecule has 166 valence electrons. The summed E-state index contributed by atoms with van der Waals surface area (Å²) in [6.45, 7) is 5.25. The molecule has 3 N–H and O–H groups in total. The number of aliphatic imine (C=N–C) groups is 1. The number of hydrogen-bond acceptors (Lipinski definition) is 3. The Balaban J connectivity index is 0.00000272. The topological polar surface area (TPSA) is 68.3 Å². The number of H-pyrrole nitrogens is 1. The number of para-hydroxylation sites is 2. The van der Waals surface area contributed by atoms with Gasteiger partial charge in [-0.1, -0.05) is 42.5 Å². The molecule has 2 heterocycles. The van der Waals surface area contributed by atoms with Crippen LogP contribution in [0.25, 0.3) is 11.0 Å². The molecule has 2 atom stereocenters. The van der Waals surface area contributed by atoms with Crippen LogP contribution in [0.3, 0.4) is 0 Å². The highest BCUT2D eigenvalue weighted by Crippen LogP contribution is 2.20. The summed E-state index contributed by atoms with van der Waals surface area (Å²) >= 11 is 0. The second-order valence-corrected chi connectivity index (χ2v) is 8.12. The molecule has 7 heteroatoms.